The molecule has 0 aliphatic rings. The molecule has 1 rings (SSSR count). The molecule has 0 fully saturated rings. The van der Waals surface area contributed by atoms with Crippen LogP contribution in [0.15, 0.2) is 16.3 Å². The number of hydrogen-bond donors (Lipinski definition) is 2. The van der Waals surface area contributed by atoms with Gasteiger partial charge >= 0.3 is 0 Å². The van der Waals surface area contributed by atoms with Gasteiger partial charge in [0.2, 0.25) is 0 Å². The van der Waals surface area contributed by atoms with E-state index in [0.29, 0.717) is 10.8 Å². The highest BCUT2D eigenvalue weighted by Gasteiger charge is 2.27. The molecule has 1 aromatic heterocycles. The SMILES string of the molecule is CCNCCc1ccc(S(=O)(=O)NC(C)(C)COC)s1. The van der Waals surface area contributed by atoms with E-state index in [-0.39, 0.29) is 0 Å². The molecule has 0 saturated carbocycles. The van der Waals surface area contributed by atoms with Crippen molar-refractivity contribution >= 4 is 21.4 Å². The molecule has 1 heterocycles. The first-order valence-corrected chi connectivity index (χ1v) is 8.93. The first-order chi connectivity index (χ1) is 9.30. The lowest BCUT2D eigenvalue weighted by molar-refractivity contribution is 0.141. The number of nitrogens with one attached hydrogen (secondary N) is 2. The molecule has 0 aliphatic carbocycles. The lowest BCUT2D eigenvalue weighted by Gasteiger charge is -2.24. The highest BCUT2D eigenvalue weighted by molar-refractivity contribution is 7.91. The van der Waals surface area contributed by atoms with Gasteiger partial charge in [-0.15, -0.1) is 11.3 Å². The van der Waals surface area contributed by atoms with Crippen LogP contribution in [-0.2, 0) is 21.2 Å². The minimum Gasteiger partial charge on any atom is -0.383 e. The molecule has 1 aromatic rings. The van der Waals surface area contributed by atoms with Crippen molar-refractivity contribution in [3.05, 3.63) is 17.0 Å². The van der Waals surface area contributed by atoms with Gasteiger partial charge in [0, 0.05) is 12.0 Å². The Morgan fingerprint density at radius 2 is 2.05 bits per heavy atom. The van der Waals surface area contributed by atoms with Gasteiger partial charge in [-0.25, -0.2) is 13.1 Å². The molecule has 2 N–H and O–H groups in total. The fraction of sp³-hybridized carbons (Fsp3) is 0.692. The topological polar surface area (TPSA) is 67.4 Å². The summed E-state index contributed by atoms with van der Waals surface area (Å²) in [4.78, 5) is 1.07. The number of rotatable bonds is 9. The van der Waals surface area contributed by atoms with Crippen molar-refractivity contribution in [3.63, 3.8) is 0 Å². The zero-order valence-corrected chi connectivity index (χ0v) is 14.2. The molecule has 0 radical (unpaired) electrons. The first kappa shape index (κ1) is 17.6. The predicted molar refractivity (Wildman–Crippen MR) is 82.8 cm³/mol. The van der Waals surface area contributed by atoms with Crippen LogP contribution in [0.4, 0.5) is 0 Å². The third kappa shape index (κ3) is 5.49. The quantitative estimate of drug-likeness (QED) is 0.678. The Morgan fingerprint density at radius 1 is 1.35 bits per heavy atom. The minimum atomic E-state index is -3.48. The van der Waals surface area contributed by atoms with E-state index < -0.39 is 15.6 Å². The van der Waals surface area contributed by atoms with E-state index in [1.165, 1.54) is 11.3 Å². The maximum absolute atomic E-state index is 12.3. The molecular formula is C13H24N2O3S2. The summed E-state index contributed by atoms with van der Waals surface area (Å²) in [7, 11) is -1.93. The number of likely N-dealkylation sites (N-methyl/N-ethyl adjacent to an activating group) is 1. The average molecular weight is 320 g/mol. The number of methoxy groups -OCH3 is 1. The van der Waals surface area contributed by atoms with Gasteiger partial charge in [0.25, 0.3) is 10.0 Å². The van der Waals surface area contributed by atoms with Crippen LogP contribution >= 0.6 is 11.3 Å². The third-order valence-electron chi connectivity index (χ3n) is 2.62. The lowest BCUT2D eigenvalue weighted by atomic mass is 10.1. The zero-order valence-electron chi connectivity index (χ0n) is 12.5. The summed E-state index contributed by atoms with van der Waals surface area (Å²) < 4.78 is 32.6. The lowest BCUT2D eigenvalue weighted by Crippen LogP contribution is -2.46. The van der Waals surface area contributed by atoms with Crippen molar-refractivity contribution in [2.75, 3.05) is 26.8 Å². The Bertz CT molecular complexity index is 509. The van der Waals surface area contributed by atoms with Crippen LogP contribution in [0.5, 0.6) is 0 Å². The van der Waals surface area contributed by atoms with Crippen LogP contribution in [0.3, 0.4) is 0 Å². The fourth-order valence-electron chi connectivity index (χ4n) is 1.83. The van der Waals surface area contributed by atoms with Gasteiger partial charge in [0.1, 0.15) is 4.21 Å². The van der Waals surface area contributed by atoms with Crippen molar-refractivity contribution < 1.29 is 13.2 Å². The van der Waals surface area contributed by atoms with Gasteiger partial charge < -0.3 is 10.1 Å². The van der Waals surface area contributed by atoms with Crippen molar-refractivity contribution in [1.82, 2.24) is 10.0 Å². The van der Waals surface area contributed by atoms with Crippen molar-refractivity contribution in [3.8, 4) is 0 Å². The van der Waals surface area contributed by atoms with E-state index in [0.717, 1.165) is 24.4 Å². The molecule has 0 bridgehead atoms. The second-order valence-corrected chi connectivity index (χ2v) is 8.32. The van der Waals surface area contributed by atoms with Crippen LogP contribution in [0, 0.1) is 0 Å². The van der Waals surface area contributed by atoms with Crippen LogP contribution in [0.1, 0.15) is 25.6 Å². The molecule has 7 heteroatoms. The van der Waals surface area contributed by atoms with Crippen LogP contribution in [0.25, 0.3) is 0 Å². The second-order valence-electron chi connectivity index (χ2n) is 5.25. The van der Waals surface area contributed by atoms with Gasteiger partial charge in [0.15, 0.2) is 0 Å². The Labute approximate surface area is 125 Å². The van der Waals surface area contributed by atoms with E-state index in [9.17, 15) is 8.42 Å². The number of ether oxygens (including phenoxy) is 1. The summed E-state index contributed by atoms with van der Waals surface area (Å²) in [5.74, 6) is 0. The Kier molecular flexibility index (Phi) is 6.60. The molecule has 0 unspecified atom stereocenters. The van der Waals surface area contributed by atoms with Crippen LogP contribution < -0.4 is 10.0 Å². The summed E-state index contributed by atoms with van der Waals surface area (Å²) in [6.07, 6.45) is 0.843. The number of hydrogen-bond acceptors (Lipinski definition) is 5. The molecule has 0 atom stereocenters. The summed E-state index contributed by atoms with van der Waals surface area (Å²) in [5, 5.41) is 3.22. The van der Waals surface area contributed by atoms with E-state index in [2.05, 4.69) is 10.0 Å². The molecule has 116 valence electrons. The highest BCUT2D eigenvalue weighted by atomic mass is 32.2. The molecule has 0 aromatic carbocycles. The summed E-state index contributed by atoms with van der Waals surface area (Å²) in [5.41, 5.74) is -0.624. The van der Waals surface area contributed by atoms with Crippen molar-refractivity contribution in [1.29, 1.82) is 0 Å². The maximum atomic E-state index is 12.3. The summed E-state index contributed by atoms with van der Waals surface area (Å²) >= 11 is 1.32. The van der Waals surface area contributed by atoms with Crippen LogP contribution in [-0.4, -0.2) is 40.8 Å². The molecule has 0 saturated heterocycles. The largest absolute Gasteiger partial charge is 0.383 e. The first-order valence-electron chi connectivity index (χ1n) is 6.63. The standard InChI is InChI=1S/C13H24N2O3S2/c1-5-14-9-8-11-6-7-12(19-11)20(16,17)15-13(2,3)10-18-4/h6-7,14-15H,5,8-10H2,1-4H3. The van der Waals surface area contributed by atoms with E-state index >= 15 is 0 Å². The number of thiophene rings is 1. The summed E-state index contributed by atoms with van der Waals surface area (Å²) in [6, 6.07) is 3.54. The van der Waals surface area contributed by atoms with Gasteiger partial charge in [-0.2, -0.15) is 0 Å². The molecule has 5 nitrogen and oxygen atoms in total. The van der Waals surface area contributed by atoms with Crippen molar-refractivity contribution in [2.45, 2.75) is 36.9 Å². The van der Waals surface area contributed by atoms with Gasteiger partial charge in [-0.05, 0) is 45.5 Å². The molecular weight excluding hydrogens is 296 g/mol. The van der Waals surface area contributed by atoms with E-state index in [4.69, 9.17) is 4.74 Å². The Hall–Kier alpha value is -0.470. The van der Waals surface area contributed by atoms with Gasteiger partial charge in [-0.3, -0.25) is 0 Å². The van der Waals surface area contributed by atoms with Crippen molar-refractivity contribution in [2.24, 2.45) is 0 Å². The van der Waals surface area contributed by atoms with Crippen LogP contribution in [0.2, 0.25) is 0 Å². The van der Waals surface area contributed by atoms with Gasteiger partial charge in [0.05, 0.1) is 12.1 Å². The Balaban J connectivity index is 2.73. The summed E-state index contributed by atoms with van der Waals surface area (Å²) in [6.45, 7) is 7.75. The maximum Gasteiger partial charge on any atom is 0.250 e. The zero-order chi connectivity index (χ0) is 15.2. The monoisotopic (exact) mass is 320 g/mol. The van der Waals surface area contributed by atoms with E-state index in [1.54, 1.807) is 27.0 Å². The smallest absolute Gasteiger partial charge is 0.250 e. The molecule has 0 spiro atoms. The molecule has 0 aliphatic heterocycles. The third-order valence-corrected chi connectivity index (χ3v) is 5.95. The average Bonchev–Trinajstić information content (AvgIpc) is 2.77. The van der Waals surface area contributed by atoms with Gasteiger partial charge in [-0.1, -0.05) is 6.92 Å². The fourth-order valence-corrected chi connectivity index (χ4v) is 4.58. The van der Waals surface area contributed by atoms with E-state index in [1.807, 2.05) is 13.0 Å². The minimum absolute atomic E-state index is 0.324. The molecule has 0 amide bonds. The highest BCUT2D eigenvalue weighted by Crippen LogP contribution is 2.23. The predicted octanol–water partition coefficient (Wildman–Crippen LogP) is 1.60. The Morgan fingerprint density at radius 3 is 2.65 bits per heavy atom. The number of sulfonamides is 1. The normalized spacial score (nSPS) is 12.8. The molecule has 20 heavy (non-hydrogen) atoms. The second kappa shape index (κ2) is 7.51.